The van der Waals surface area contributed by atoms with Gasteiger partial charge in [-0.3, -0.25) is 0 Å². The van der Waals surface area contributed by atoms with E-state index in [1.807, 2.05) is 17.5 Å². The molecule has 1 aromatic carbocycles. The van der Waals surface area contributed by atoms with E-state index in [0.717, 1.165) is 10.3 Å². The first-order valence-electron chi connectivity index (χ1n) is 4.46. The van der Waals surface area contributed by atoms with Crippen LogP contribution in [0.1, 0.15) is 11.7 Å². The zero-order valence-corrected chi connectivity index (χ0v) is 8.75. The van der Waals surface area contributed by atoms with E-state index >= 15 is 0 Å². The van der Waals surface area contributed by atoms with Crippen molar-refractivity contribution in [1.82, 2.24) is 0 Å². The van der Waals surface area contributed by atoms with Gasteiger partial charge in [-0.1, -0.05) is 18.2 Å². The number of hydrogen-bond donors (Lipinski definition) is 1. The monoisotopic (exact) mass is 208 g/mol. The molecule has 3 heteroatoms. The molecule has 2 aromatic rings. The zero-order valence-electron chi connectivity index (χ0n) is 7.93. The number of hydrogen-bond acceptors (Lipinski definition) is 3. The molecule has 0 fully saturated rings. The minimum atomic E-state index is -0.526. The molecule has 1 heterocycles. The normalized spacial score (nSPS) is 13.3. The Morgan fingerprint density at radius 1 is 1.43 bits per heavy atom. The van der Waals surface area contributed by atoms with Crippen LogP contribution in [0.5, 0.6) is 0 Å². The zero-order chi connectivity index (χ0) is 9.97. The fourth-order valence-electron chi connectivity index (χ4n) is 1.53. The summed E-state index contributed by atoms with van der Waals surface area (Å²) >= 11 is 1.65. The van der Waals surface area contributed by atoms with Gasteiger partial charge in [0.05, 0.1) is 6.61 Å². The van der Waals surface area contributed by atoms with E-state index in [2.05, 4.69) is 12.1 Å². The van der Waals surface area contributed by atoms with Crippen molar-refractivity contribution in [3.8, 4) is 0 Å². The van der Waals surface area contributed by atoms with Crippen molar-refractivity contribution in [3.05, 3.63) is 35.2 Å². The SMILES string of the molecule is COCC(O)c1cccc2ccsc12. The molecular weight excluding hydrogens is 196 g/mol. The average Bonchev–Trinajstić information content (AvgIpc) is 2.65. The maximum absolute atomic E-state index is 9.82. The van der Waals surface area contributed by atoms with Crippen LogP contribution in [0.15, 0.2) is 29.6 Å². The predicted molar refractivity (Wildman–Crippen MR) is 58.7 cm³/mol. The van der Waals surface area contributed by atoms with Crippen LogP contribution in [0.2, 0.25) is 0 Å². The molecule has 0 saturated heterocycles. The molecule has 1 aromatic heterocycles. The number of ether oxygens (including phenoxy) is 1. The maximum Gasteiger partial charge on any atom is 0.104 e. The van der Waals surface area contributed by atoms with E-state index in [9.17, 15) is 5.11 Å². The molecule has 1 N–H and O–H groups in total. The quantitative estimate of drug-likeness (QED) is 0.840. The number of methoxy groups -OCH3 is 1. The fraction of sp³-hybridized carbons (Fsp3) is 0.273. The number of thiophene rings is 1. The van der Waals surface area contributed by atoms with E-state index in [-0.39, 0.29) is 0 Å². The Balaban J connectivity index is 2.45. The van der Waals surface area contributed by atoms with Crippen molar-refractivity contribution in [2.75, 3.05) is 13.7 Å². The van der Waals surface area contributed by atoms with Crippen molar-refractivity contribution in [2.24, 2.45) is 0 Å². The van der Waals surface area contributed by atoms with Gasteiger partial charge in [-0.15, -0.1) is 11.3 Å². The summed E-state index contributed by atoms with van der Waals surface area (Å²) in [6, 6.07) is 8.02. The topological polar surface area (TPSA) is 29.5 Å². The third-order valence-corrected chi connectivity index (χ3v) is 3.17. The highest BCUT2D eigenvalue weighted by atomic mass is 32.1. The Morgan fingerprint density at radius 2 is 2.29 bits per heavy atom. The van der Waals surface area contributed by atoms with Gasteiger partial charge in [0.15, 0.2) is 0 Å². The summed E-state index contributed by atoms with van der Waals surface area (Å²) in [6.07, 6.45) is -0.526. The molecule has 2 nitrogen and oxygen atoms in total. The lowest BCUT2D eigenvalue weighted by atomic mass is 10.1. The summed E-state index contributed by atoms with van der Waals surface area (Å²) < 4.78 is 6.09. The molecular formula is C11H12O2S. The van der Waals surface area contributed by atoms with Crippen LogP contribution in [0.3, 0.4) is 0 Å². The Morgan fingerprint density at radius 3 is 3.07 bits per heavy atom. The first-order valence-corrected chi connectivity index (χ1v) is 5.34. The third-order valence-electron chi connectivity index (χ3n) is 2.19. The fourth-order valence-corrected chi connectivity index (χ4v) is 2.49. The molecule has 14 heavy (non-hydrogen) atoms. The lowest BCUT2D eigenvalue weighted by Gasteiger charge is -2.10. The highest BCUT2D eigenvalue weighted by molar-refractivity contribution is 7.17. The third kappa shape index (κ3) is 1.66. The minimum Gasteiger partial charge on any atom is -0.386 e. The number of rotatable bonds is 3. The number of aliphatic hydroxyl groups excluding tert-OH is 1. The molecule has 0 saturated carbocycles. The van der Waals surface area contributed by atoms with Crippen LogP contribution >= 0.6 is 11.3 Å². The van der Waals surface area contributed by atoms with E-state index in [1.165, 1.54) is 5.39 Å². The molecule has 1 unspecified atom stereocenters. The number of fused-ring (bicyclic) bond motifs is 1. The van der Waals surface area contributed by atoms with Gasteiger partial charge < -0.3 is 9.84 Å². The minimum absolute atomic E-state index is 0.344. The summed E-state index contributed by atoms with van der Waals surface area (Å²) in [7, 11) is 1.60. The van der Waals surface area contributed by atoms with Crippen molar-refractivity contribution in [3.63, 3.8) is 0 Å². The van der Waals surface area contributed by atoms with Gasteiger partial charge in [-0.25, -0.2) is 0 Å². The Labute approximate surface area is 86.8 Å². The molecule has 0 radical (unpaired) electrons. The number of aliphatic hydroxyl groups is 1. The molecule has 1 atom stereocenters. The number of benzene rings is 1. The van der Waals surface area contributed by atoms with Crippen molar-refractivity contribution >= 4 is 21.4 Å². The van der Waals surface area contributed by atoms with Crippen LogP contribution < -0.4 is 0 Å². The van der Waals surface area contributed by atoms with Gasteiger partial charge >= 0.3 is 0 Å². The first-order chi connectivity index (χ1) is 6.83. The summed E-state index contributed by atoms with van der Waals surface area (Å²) in [6.45, 7) is 0.344. The summed E-state index contributed by atoms with van der Waals surface area (Å²) in [5.41, 5.74) is 0.958. The van der Waals surface area contributed by atoms with Crippen LogP contribution in [-0.4, -0.2) is 18.8 Å². The van der Waals surface area contributed by atoms with E-state index in [1.54, 1.807) is 18.4 Å². The van der Waals surface area contributed by atoms with Gasteiger partial charge in [-0.05, 0) is 16.8 Å². The van der Waals surface area contributed by atoms with Crippen LogP contribution in [0, 0.1) is 0 Å². The van der Waals surface area contributed by atoms with Crippen molar-refractivity contribution in [1.29, 1.82) is 0 Å². The van der Waals surface area contributed by atoms with Crippen LogP contribution in [0.25, 0.3) is 10.1 Å². The van der Waals surface area contributed by atoms with Crippen LogP contribution in [-0.2, 0) is 4.74 Å². The average molecular weight is 208 g/mol. The lowest BCUT2D eigenvalue weighted by Crippen LogP contribution is -2.04. The van der Waals surface area contributed by atoms with Gasteiger partial charge in [0.2, 0.25) is 0 Å². The largest absolute Gasteiger partial charge is 0.386 e. The molecule has 74 valence electrons. The van der Waals surface area contributed by atoms with E-state index in [0.29, 0.717) is 6.61 Å². The molecule has 2 rings (SSSR count). The van der Waals surface area contributed by atoms with Gasteiger partial charge in [0, 0.05) is 17.4 Å². The van der Waals surface area contributed by atoms with Gasteiger partial charge in [-0.2, -0.15) is 0 Å². The van der Waals surface area contributed by atoms with Gasteiger partial charge in [0.1, 0.15) is 6.10 Å². The molecule has 0 amide bonds. The molecule has 0 bridgehead atoms. The Bertz CT molecular complexity index is 422. The van der Waals surface area contributed by atoms with E-state index in [4.69, 9.17) is 4.74 Å². The highest BCUT2D eigenvalue weighted by Gasteiger charge is 2.10. The second kappa shape index (κ2) is 4.09. The summed E-state index contributed by atoms with van der Waals surface area (Å²) in [5, 5.41) is 13.0. The first kappa shape index (κ1) is 9.65. The second-order valence-corrected chi connectivity index (χ2v) is 4.07. The summed E-state index contributed by atoms with van der Waals surface area (Å²) in [5.74, 6) is 0. The highest BCUT2D eigenvalue weighted by Crippen LogP contribution is 2.28. The lowest BCUT2D eigenvalue weighted by molar-refractivity contribution is 0.0654. The van der Waals surface area contributed by atoms with E-state index < -0.39 is 6.10 Å². The molecule has 0 spiro atoms. The summed E-state index contributed by atoms with van der Waals surface area (Å²) in [4.78, 5) is 0. The Kier molecular flexibility index (Phi) is 2.82. The van der Waals surface area contributed by atoms with Crippen molar-refractivity contribution in [2.45, 2.75) is 6.10 Å². The van der Waals surface area contributed by atoms with Gasteiger partial charge in [0.25, 0.3) is 0 Å². The van der Waals surface area contributed by atoms with Crippen LogP contribution in [0.4, 0.5) is 0 Å². The molecule has 0 aliphatic rings. The standard InChI is InChI=1S/C11H12O2S/c1-13-7-10(12)9-4-2-3-8-5-6-14-11(8)9/h2-6,10,12H,7H2,1H3. The second-order valence-electron chi connectivity index (χ2n) is 3.16. The van der Waals surface area contributed by atoms with Crippen molar-refractivity contribution < 1.29 is 9.84 Å². The predicted octanol–water partition coefficient (Wildman–Crippen LogP) is 2.58. The molecule has 0 aliphatic carbocycles. The maximum atomic E-state index is 9.82. The molecule has 0 aliphatic heterocycles. The smallest absolute Gasteiger partial charge is 0.104 e. The Hall–Kier alpha value is -0.900.